The third-order valence-corrected chi connectivity index (χ3v) is 2.92. The van der Waals surface area contributed by atoms with E-state index >= 15 is 0 Å². The Morgan fingerprint density at radius 1 is 0.952 bits per heavy atom. The molecule has 3 rings (SSSR count). The molecular weight excluding hydrogens is 270 g/mol. The third kappa shape index (κ3) is 2.40. The Morgan fingerprint density at radius 2 is 1.67 bits per heavy atom. The zero-order valence-electron chi connectivity index (χ0n) is 10.7. The highest BCUT2D eigenvalue weighted by atomic mass is 16.5. The van der Waals surface area contributed by atoms with Crippen molar-refractivity contribution in [2.24, 2.45) is 0 Å². The number of nitrogens with zero attached hydrogens (tertiary/aromatic N) is 3. The van der Waals surface area contributed by atoms with Crippen molar-refractivity contribution in [1.29, 1.82) is 5.26 Å². The topological polar surface area (TPSA) is 103 Å². The van der Waals surface area contributed by atoms with Gasteiger partial charge in [0, 0.05) is 11.1 Å². The average molecular weight is 279 g/mol. The Balaban J connectivity index is 1.95. The molecule has 1 heterocycles. The van der Waals surface area contributed by atoms with Crippen LogP contribution in [0.15, 0.2) is 47.0 Å². The second-order valence-corrected chi connectivity index (χ2v) is 4.32. The minimum atomic E-state index is -0.253. The maximum atomic E-state index is 9.48. The Hall–Kier alpha value is -3.33. The quantitative estimate of drug-likeness (QED) is 0.699. The van der Waals surface area contributed by atoms with Crippen LogP contribution in [0.3, 0.4) is 0 Å². The van der Waals surface area contributed by atoms with Crippen molar-refractivity contribution in [3.63, 3.8) is 0 Å². The summed E-state index contributed by atoms with van der Waals surface area (Å²) in [7, 11) is 0. The van der Waals surface area contributed by atoms with Crippen molar-refractivity contribution in [2.45, 2.75) is 0 Å². The molecule has 1 aromatic heterocycles. The molecule has 0 saturated carbocycles. The number of hydrogen-bond acceptors (Lipinski definition) is 6. The lowest BCUT2D eigenvalue weighted by molar-refractivity contribution is 0.404. The standard InChI is InChI=1S/C15H9N3O3/c16-8-9-1-3-10(4-2-9)15-17-14(18-21-15)11-5-6-12(19)13(20)7-11/h1-7,19-20H. The smallest absolute Gasteiger partial charge is 0.258 e. The highest BCUT2D eigenvalue weighted by Crippen LogP contribution is 2.30. The number of phenolic OH excluding ortho intramolecular Hbond substituents is 2. The molecule has 0 unspecified atom stereocenters. The first kappa shape index (κ1) is 12.7. The second-order valence-electron chi connectivity index (χ2n) is 4.32. The fraction of sp³-hybridized carbons (Fsp3) is 0. The fourth-order valence-corrected chi connectivity index (χ4v) is 1.81. The molecule has 0 saturated heterocycles. The van der Waals surface area contributed by atoms with E-state index in [9.17, 15) is 10.2 Å². The largest absolute Gasteiger partial charge is 0.504 e. The van der Waals surface area contributed by atoms with Crippen molar-refractivity contribution < 1.29 is 14.7 Å². The van der Waals surface area contributed by atoms with Gasteiger partial charge in [0.05, 0.1) is 11.6 Å². The van der Waals surface area contributed by atoms with Crippen LogP contribution in [-0.4, -0.2) is 20.4 Å². The van der Waals surface area contributed by atoms with Gasteiger partial charge in [-0.2, -0.15) is 10.2 Å². The minimum Gasteiger partial charge on any atom is -0.504 e. The van der Waals surface area contributed by atoms with Gasteiger partial charge in [0.25, 0.3) is 5.89 Å². The molecule has 0 spiro atoms. The average Bonchev–Trinajstić information content (AvgIpc) is 3.00. The van der Waals surface area contributed by atoms with E-state index in [0.29, 0.717) is 28.4 Å². The molecule has 0 amide bonds. The molecule has 0 atom stereocenters. The van der Waals surface area contributed by atoms with Crippen LogP contribution in [0.25, 0.3) is 22.8 Å². The summed E-state index contributed by atoms with van der Waals surface area (Å²) in [4.78, 5) is 4.22. The minimum absolute atomic E-state index is 0.213. The zero-order valence-corrected chi connectivity index (χ0v) is 10.7. The van der Waals surface area contributed by atoms with Gasteiger partial charge in [-0.15, -0.1) is 0 Å². The zero-order chi connectivity index (χ0) is 14.8. The predicted octanol–water partition coefficient (Wildman–Crippen LogP) is 2.69. The van der Waals surface area contributed by atoms with E-state index in [0.717, 1.165) is 0 Å². The monoisotopic (exact) mass is 279 g/mol. The van der Waals surface area contributed by atoms with Crippen LogP contribution in [0.4, 0.5) is 0 Å². The van der Waals surface area contributed by atoms with Crippen molar-refractivity contribution in [2.75, 3.05) is 0 Å². The third-order valence-electron chi connectivity index (χ3n) is 2.92. The maximum Gasteiger partial charge on any atom is 0.258 e. The molecule has 0 radical (unpaired) electrons. The van der Waals surface area contributed by atoms with Gasteiger partial charge in [-0.05, 0) is 42.5 Å². The predicted molar refractivity (Wildman–Crippen MR) is 73.2 cm³/mol. The van der Waals surface area contributed by atoms with Crippen LogP contribution in [0.5, 0.6) is 11.5 Å². The Labute approximate surface area is 119 Å². The van der Waals surface area contributed by atoms with E-state index in [1.54, 1.807) is 30.3 Å². The summed E-state index contributed by atoms with van der Waals surface area (Å²) in [6.45, 7) is 0. The summed E-state index contributed by atoms with van der Waals surface area (Å²) in [6.07, 6.45) is 0. The van der Waals surface area contributed by atoms with Crippen LogP contribution in [0.2, 0.25) is 0 Å². The first-order chi connectivity index (χ1) is 10.2. The van der Waals surface area contributed by atoms with E-state index in [4.69, 9.17) is 9.78 Å². The molecule has 2 aromatic carbocycles. The Kier molecular flexibility index (Phi) is 3.01. The Morgan fingerprint density at radius 3 is 2.33 bits per heavy atom. The molecule has 2 N–H and O–H groups in total. The highest BCUT2D eigenvalue weighted by Gasteiger charge is 2.12. The number of phenols is 2. The molecule has 102 valence electrons. The number of rotatable bonds is 2. The maximum absolute atomic E-state index is 9.48. The molecule has 0 aliphatic rings. The molecule has 3 aromatic rings. The molecule has 0 bridgehead atoms. The van der Waals surface area contributed by atoms with Gasteiger partial charge in [0.1, 0.15) is 0 Å². The number of benzene rings is 2. The summed E-state index contributed by atoms with van der Waals surface area (Å²) >= 11 is 0. The van der Waals surface area contributed by atoms with Gasteiger partial charge in [-0.25, -0.2) is 0 Å². The van der Waals surface area contributed by atoms with Crippen LogP contribution < -0.4 is 0 Å². The van der Waals surface area contributed by atoms with Gasteiger partial charge < -0.3 is 14.7 Å². The summed E-state index contributed by atoms with van der Waals surface area (Å²) in [6, 6.07) is 13.0. The van der Waals surface area contributed by atoms with E-state index in [1.165, 1.54) is 12.1 Å². The lowest BCUT2D eigenvalue weighted by Crippen LogP contribution is -1.82. The molecule has 0 aliphatic heterocycles. The molecular formula is C15H9N3O3. The van der Waals surface area contributed by atoms with E-state index < -0.39 is 0 Å². The van der Waals surface area contributed by atoms with E-state index in [2.05, 4.69) is 10.1 Å². The normalized spacial score (nSPS) is 10.2. The summed E-state index contributed by atoms with van der Waals surface area (Å²) in [5.74, 6) is 0.137. The summed E-state index contributed by atoms with van der Waals surface area (Å²) in [5, 5.41) is 31.3. The van der Waals surface area contributed by atoms with Gasteiger partial charge >= 0.3 is 0 Å². The van der Waals surface area contributed by atoms with Crippen molar-refractivity contribution >= 4 is 0 Å². The fourth-order valence-electron chi connectivity index (χ4n) is 1.81. The molecule has 6 heteroatoms. The first-order valence-corrected chi connectivity index (χ1v) is 6.04. The second kappa shape index (κ2) is 4.98. The first-order valence-electron chi connectivity index (χ1n) is 6.04. The molecule has 6 nitrogen and oxygen atoms in total. The van der Waals surface area contributed by atoms with Crippen molar-refractivity contribution in [1.82, 2.24) is 10.1 Å². The number of hydrogen-bond donors (Lipinski definition) is 2. The number of nitriles is 1. The van der Waals surface area contributed by atoms with Crippen LogP contribution in [0, 0.1) is 11.3 Å². The van der Waals surface area contributed by atoms with Gasteiger partial charge in [-0.3, -0.25) is 0 Å². The summed E-state index contributed by atoms with van der Waals surface area (Å²) < 4.78 is 5.16. The number of aromatic hydroxyl groups is 2. The van der Waals surface area contributed by atoms with Crippen LogP contribution >= 0.6 is 0 Å². The van der Waals surface area contributed by atoms with Gasteiger partial charge in [-0.1, -0.05) is 5.16 Å². The van der Waals surface area contributed by atoms with Crippen LogP contribution in [-0.2, 0) is 0 Å². The SMILES string of the molecule is N#Cc1ccc(-c2nc(-c3ccc(O)c(O)c3)no2)cc1. The lowest BCUT2D eigenvalue weighted by atomic mass is 10.1. The highest BCUT2D eigenvalue weighted by molar-refractivity contribution is 5.63. The number of aromatic nitrogens is 2. The van der Waals surface area contributed by atoms with Gasteiger partial charge in [0.15, 0.2) is 11.5 Å². The summed E-state index contributed by atoms with van der Waals surface area (Å²) in [5.41, 5.74) is 1.76. The molecule has 0 aliphatic carbocycles. The van der Waals surface area contributed by atoms with Crippen molar-refractivity contribution in [3.05, 3.63) is 48.0 Å². The lowest BCUT2D eigenvalue weighted by Gasteiger charge is -1.98. The van der Waals surface area contributed by atoms with Crippen LogP contribution in [0.1, 0.15) is 5.56 Å². The van der Waals surface area contributed by atoms with Crippen molar-refractivity contribution in [3.8, 4) is 40.4 Å². The molecule has 0 fully saturated rings. The van der Waals surface area contributed by atoms with E-state index in [-0.39, 0.29) is 11.5 Å². The van der Waals surface area contributed by atoms with Gasteiger partial charge in [0.2, 0.25) is 5.82 Å². The Bertz CT molecular complexity index is 832. The van der Waals surface area contributed by atoms with E-state index in [1.807, 2.05) is 6.07 Å². The molecule has 21 heavy (non-hydrogen) atoms.